The van der Waals surface area contributed by atoms with Crippen LogP contribution < -0.4 is 0 Å². The van der Waals surface area contributed by atoms with Crippen LogP contribution in [0.4, 0.5) is 0 Å². The van der Waals surface area contributed by atoms with Gasteiger partial charge in [-0.2, -0.15) is 0 Å². The summed E-state index contributed by atoms with van der Waals surface area (Å²) in [5, 5.41) is 9.71. The lowest BCUT2D eigenvalue weighted by molar-refractivity contribution is 0.204. The molecule has 0 spiro atoms. The molecule has 0 aliphatic heterocycles. The van der Waals surface area contributed by atoms with Crippen LogP contribution in [0, 0.1) is 11.8 Å². The van der Waals surface area contributed by atoms with Crippen LogP contribution in [0.1, 0.15) is 47.0 Å². The Morgan fingerprint density at radius 3 is 2.87 bits per heavy atom. The van der Waals surface area contributed by atoms with Crippen LogP contribution in [0.2, 0.25) is 0 Å². The maximum atomic E-state index is 9.71. The van der Waals surface area contributed by atoms with Gasteiger partial charge in [0.05, 0.1) is 6.10 Å². The van der Waals surface area contributed by atoms with Crippen molar-refractivity contribution in [3.63, 3.8) is 0 Å². The molecule has 0 saturated heterocycles. The molecule has 1 N–H and O–H groups in total. The number of aliphatic hydroxyl groups excluding tert-OH is 1. The highest BCUT2D eigenvalue weighted by Crippen LogP contribution is 2.31. The summed E-state index contributed by atoms with van der Waals surface area (Å²) >= 11 is 0. The Balaban J connectivity index is 2.66. The Labute approximate surface area is 93.9 Å². The van der Waals surface area contributed by atoms with Gasteiger partial charge < -0.3 is 5.11 Å². The minimum atomic E-state index is -0.246. The summed E-state index contributed by atoms with van der Waals surface area (Å²) in [5.41, 5.74) is 2.66. The molecule has 0 bridgehead atoms. The van der Waals surface area contributed by atoms with Crippen LogP contribution in [0.3, 0.4) is 0 Å². The van der Waals surface area contributed by atoms with E-state index in [-0.39, 0.29) is 6.10 Å². The minimum Gasteiger partial charge on any atom is -0.389 e. The lowest BCUT2D eigenvalue weighted by Gasteiger charge is -2.26. The Kier molecular flexibility index (Phi) is 4.59. The first-order chi connectivity index (χ1) is 7.04. The number of hydrogen-bond acceptors (Lipinski definition) is 1. The van der Waals surface area contributed by atoms with Crippen LogP contribution in [-0.2, 0) is 0 Å². The van der Waals surface area contributed by atoms with Crippen LogP contribution in [0.5, 0.6) is 0 Å². The third-order valence-corrected chi connectivity index (χ3v) is 3.50. The molecule has 0 radical (unpaired) electrons. The zero-order valence-corrected chi connectivity index (χ0v) is 10.5. The monoisotopic (exact) mass is 208 g/mol. The average molecular weight is 208 g/mol. The topological polar surface area (TPSA) is 20.2 Å². The van der Waals surface area contributed by atoms with Gasteiger partial charge in [-0.25, -0.2) is 0 Å². The quantitative estimate of drug-likeness (QED) is 0.701. The molecule has 3 atom stereocenters. The Hall–Kier alpha value is -0.560. The van der Waals surface area contributed by atoms with Gasteiger partial charge in [0.15, 0.2) is 0 Å². The minimum absolute atomic E-state index is 0.246. The lowest BCUT2D eigenvalue weighted by atomic mass is 9.80. The van der Waals surface area contributed by atoms with Gasteiger partial charge in [-0.05, 0) is 50.5 Å². The van der Waals surface area contributed by atoms with Crippen molar-refractivity contribution in [2.45, 2.75) is 53.1 Å². The van der Waals surface area contributed by atoms with Gasteiger partial charge in [0.25, 0.3) is 0 Å². The SMILES string of the molecule is CCC(O)/C(C)=C/[C@@H]1CC=C(C)C[C@H]1C. The van der Waals surface area contributed by atoms with E-state index in [1.54, 1.807) is 0 Å². The summed E-state index contributed by atoms with van der Waals surface area (Å²) in [6.45, 7) is 8.59. The average Bonchev–Trinajstić information content (AvgIpc) is 2.20. The van der Waals surface area contributed by atoms with E-state index in [9.17, 15) is 5.11 Å². The van der Waals surface area contributed by atoms with E-state index in [4.69, 9.17) is 0 Å². The summed E-state index contributed by atoms with van der Waals surface area (Å²) in [6.07, 6.45) is 7.54. The highest BCUT2D eigenvalue weighted by molar-refractivity contribution is 5.13. The molecule has 0 aromatic rings. The maximum absolute atomic E-state index is 9.71. The molecule has 86 valence electrons. The maximum Gasteiger partial charge on any atom is 0.0744 e. The molecule has 0 fully saturated rings. The van der Waals surface area contributed by atoms with E-state index in [2.05, 4.69) is 26.0 Å². The molecule has 1 aliphatic carbocycles. The van der Waals surface area contributed by atoms with Crippen LogP contribution >= 0.6 is 0 Å². The largest absolute Gasteiger partial charge is 0.389 e. The summed E-state index contributed by atoms with van der Waals surface area (Å²) in [5.74, 6) is 1.34. The summed E-state index contributed by atoms with van der Waals surface area (Å²) in [4.78, 5) is 0. The zero-order valence-electron chi connectivity index (χ0n) is 10.5. The third-order valence-electron chi connectivity index (χ3n) is 3.50. The highest BCUT2D eigenvalue weighted by atomic mass is 16.3. The third kappa shape index (κ3) is 3.49. The van der Waals surface area contributed by atoms with Gasteiger partial charge >= 0.3 is 0 Å². The van der Waals surface area contributed by atoms with E-state index < -0.39 is 0 Å². The normalized spacial score (nSPS) is 29.9. The van der Waals surface area contributed by atoms with Crippen molar-refractivity contribution >= 4 is 0 Å². The Morgan fingerprint density at radius 2 is 2.33 bits per heavy atom. The number of allylic oxidation sites excluding steroid dienone is 3. The van der Waals surface area contributed by atoms with E-state index in [1.165, 1.54) is 12.0 Å². The van der Waals surface area contributed by atoms with E-state index in [0.29, 0.717) is 11.8 Å². The van der Waals surface area contributed by atoms with Crippen molar-refractivity contribution in [3.05, 3.63) is 23.3 Å². The van der Waals surface area contributed by atoms with Gasteiger partial charge in [-0.1, -0.05) is 31.6 Å². The van der Waals surface area contributed by atoms with Crippen molar-refractivity contribution < 1.29 is 5.11 Å². The number of rotatable bonds is 3. The molecule has 1 aliphatic rings. The second-order valence-electron chi connectivity index (χ2n) is 4.97. The van der Waals surface area contributed by atoms with Crippen LogP contribution in [0.15, 0.2) is 23.3 Å². The molecule has 1 rings (SSSR count). The molecule has 0 aromatic carbocycles. The molecule has 1 unspecified atom stereocenters. The standard InChI is InChI=1S/C14H24O/c1-5-14(15)12(4)9-13-7-6-10(2)8-11(13)3/h6,9,11,13-15H,5,7-8H2,1-4H3/b12-9+/t11-,13+,14?/m1/s1. The van der Waals surface area contributed by atoms with E-state index in [1.807, 2.05) is 13.8 Å². The number of aliphatic hydroxyl groups is 1. The predicted molar refractivity (Wildman–Crippen MR) is 65.7 cm³/mol. The van der Waals surface area contributed by atoms with Crippen molar-refractivity contribution in [1.82, 2.24) is 0 Å². The molecule has 0 amide bonds. The van der Waals surface area contributed by atoms with Crippen molar-refractivity contribution in [2.75, 3.05) is 0 Å². The molecule has 0 aromatic heterocycles. The van der Waals surface area contributed by atoms with Crippen LogP contribution in [0.25, 0.3) is 0 Å². The molecular formula is C14H24O. The first-order valence-electron chi connectivity index (χ1n) is 6.06. The second kappa shape index (κ2) is 5.50. The summed E-state index contributed by atoms with van der Waals surface area (Å²) in [6, 6.07) is 0. The highest BCUT2D eigenvalue weighted by Gasteiger charge is 2.19. The first-order valence-corrected chi connectivity index (χ1v) is 6.06. The lowest BCUT2D eigenvalue weighted by Crippen LogP contribution is -2.16. The molecule has 1 nitrogen and oxygen atoms in total. The van der Waals surface area contributed by atoms with Crippen molar-refractivity contribution in [2.24, 2.45) is 11.8 Å². The fourth-order valence-corrected chi connectivity index (χ4v) is 2.32. The van der Waals surface area contributed by atoms with Crippen LogP contribution in [-0.4, -0.2) is 11.2 Å². The molecule has 0 heterocycles. The zero-order chi connectivity index (χ0) is 11.4. The van der Waals surface area contributed by atoms with Crippen molar-refractivity contribution in [1.29, 1.82) is 0 Å². The van der Waals surface area contributed by atoms with Crippen molar-refractivity contribution in [3.8, 4) is 0 Å². The molecule has 1 heteroatoms. The van der Waals surface area contributed by atoms with Gasteiger partial charge in [0.2, 0.25) is 0 Å². The van der Waals surface area contributed by atoms with E-state index in [0.717, 1.165) is 18.4 Å². The molecule has 15 heavy (non-hydrogen) atoms. The molecule has 0 saturated carbocycles. The fourth-order valence-electron chi connectivity index (χ4n) is 2.32. The predicted octanol–water partition coefficient (Wildman–Crippen LogP) is 3.70. The summed E-state index contributed by atoms with van der Waals surface area (Å²) in [7, 11) is 0. The smallest absolute Gasteiger partial charge is 0.0744 e. The van der Waals surface area contributed by atoms with Gasteiger partial charge in [0, 0.05) is 0 Å². The molecular weight excluding hydrogens is 184 g/mol. The number of hydrogen-bond donors (Lipinski definition) is 1. The Bertz CT molecular complexity index is 263. The summed E-state index contributed by atoms with van der Waals surface area (Å²) < 4.78 is 0. The fraction of sp³-hybridized carbons (Fsp3) is 0.714. The first kappa shape index (κ1) is 12.5. The van der Waals surface area contributed by atoms with E-state index >= 15 is 0 Å². The van der Waals surface area contributed by atoms with Gasteiger partial charge in [-0.15, -0.1) is 0 Å². The second-order valence-corrected chi connectivity index (χ2v) is 4.97. The van der Waals surface area contributed by atoms with Gasteiger partial charge in [0.1, 0.15) is 0 Å². The Morgan fingerprint density at radius 1 is 1.67 bits per heavy atom. The van der Waals surface area contributed by atoms with Gasteiger partial charge in [-0.3, -0.25) is 0 Å².